The van der Waals surface area contributed by atoms with Crippen LogP contribution in [-0.2, 0) is 27.9 Å². The van der Waals surface area contributed by atoms with Crippen LogP contribution < -0.4 is 10.0 Å². The number of benzene rings is 2. The average molecular weight is 430 g/mol. The van der Waals surface area contributed by atoms with Crippen LogP contribution >= 0.6 is 0 Å². The summed E-state index contributed by atoms with van der Waals surface area (Å²) in [4.78, 5) is 15.0. The lowest BCUT2D eigenvalue weighted by molar-refractivity contribution is -0.121. The van der Waals surface area contributed by atoms with Gasteiger partial charge in [0.25, 0.3) is 0 Å². The summed E-state index contributed by atoms with van der Waals surface area (Å²) in [6.45, 7) is 7.29. The van der Waals surface area contributed by atoms with Crippen molar-refractivity contribution in [3.05, 3.63) is 64.7 Å². The van der Waals surface area contributed by atoms with E-state index in [4.69, 9.17) is 0 Å². The minimum atomic E-state index is -3.63. The molecule has 162 valence electrons. The molecule has 1 heterocycles. The molecule has 0 unspecified atom stereocenters. The topological polar surface area (TPSA) is 78.5 Å². The van der Waals surface area contributed by atoms with Crippen molar-refractivity contribution in [1.29, 1.82) is 0 Å². The smallest absolute Gasteiger partial charge is 0.240 e. The van der Waals surface area contributed by atoms with Gasteiger partial charge in [0.15, 0.2) is 0 Å². The number of nitrogens with zero attached hydrogens (tertiary/aromatic N) is 1. The van der Waals surface area contributed by atoms with Gasteiger partial charge < -0.3 is 5.32 Å². The molecular weight excluding hydrogens is 398 g/mol. The van der Waals surface area contributed by atoms with Gasteiger partial charge in [-0.05, 0) is 68.1 Å². The summed E-state index contributed by atoms with van der Waals surface area (Å²) < 4.78 is 27.6. The maximum Gasteiger partial charge on any atom is 0.240 e. The molecule has 1 aliphatic rings. The molecule has 7 heteroatoms. The van der Waals surface area contributed by atoms with Crippen molar-refractivity contribution in [2.75, 3.05) is 19.6 Å². The fourth-order valence-corrected chi connectivity index (χ4v) is 5.08. The molecule has 1 fully saturated rings. The predicted octanol–water partition coefficient (Wildman–Crippen LogP) is 2.88. The number of carbonyl (C=O) groups excluding carboxylic acids is 1. The van der Waals surface area contributed by atoms with E-state index < -0.39 is 10.0 Å². The number of likely N-dealkylation sites (tertiary alicyclic amines) is 1. The van der Waals surface area contributed by atoms with Crippen LogP contribution in [0.2, 0.25) is 0 Å². The van der Waals surface area contributed by atoms with Crippen molar-refractivity contribution < 1.29 is 13.2 Å². The van der Waals surface area contributed by atoms with E-state index in [9.17, 15) is 13.2 Å². The van der Waals surface area contributed by atoms with E-state index in [2.05, 4.69) is 21.0 Å². The van der Waals surface area contributed by atoms with Crippen molar-refractivity contribution in [3.63, 3.8) is 0 Å². The van der Waals surface area contributed by atoms with Crippen LogP contribution in [0, 0.1) is 13.8 Å². The van der Waals surface area contributed by atoms with E-state index >= 15 is 0 Å². The number of hydrogen-bond donors (Lipinski definition) is 2. The Labute approximate surface area is 179 Å². The summed E-state index contributed by atoms with van der Waals surface area (Å²) in [6.07, 6.45) is 2.59. The molecule has 2 aromatic rings. The maximum atomic E-state index is 12.5. The molecule has 0 saturated carbocycles. The zero-order valence-corrected chi connectivity index (χ0v) is 18.6. The number of carbonyl (C=O) groups is 1. The summed E-state index contributed by atoms with van der Waals surface area (Å²) >= 11 is 0. The standard InChI is InChI=1S/C23H31N3O3S/c1-18-9-10-19(2)22(15-18)30(28,29)25-12-11-23(27)24-16-20-7-3-4-8-21(20)17-26-13-5-6-14-26/h3-4,7-10,15,25H,5-6,11-14,16-17H2,1-2H3,(H,24,27). The molecule has 0 bridgehead atoms. The number of aryl methyl sites for hydroxylation is 2. The van der Waals surface area contributed by atoms with Gasteiger partial charge in [0, 0.05) is 26.1 Å². The SMILES string of the molecule is Cc1ccc(C)c(S(=O)(=O)NCCC(=O)NCc2ccccc2CN2CCCC2)c1. The third kappa shape index (κ3) is 6.14. The minimum Gasteiger partial charge on any atom is -0.352 e. The second-order valence-electron chi connectivity index (χ2n) is 7.95. The fraction of sp³-hybridized carbons (Fsp3) is 0.435. The van der Waals surface area contributed by atoms with Crippen LogP contribution in [0.3, 0.4) is 0 Å². The van der Waals surface area contributed by atoms with E-state index in [1.807, 2.05) is 31.2 Å². The normalized spacial score (nSPS) is 14.7. The van der Waals surface area contributed by atoms with E-state index in [1.165, 1.54) is 18.4 Å². The molecule has 1 amide bonds. The Balaban J connectivity index is 1.49. The van der Waals surface area contributed by atoms with Gasteiger partial charge in [0.1, 0.15) is 0 Å². The molecule has 0 aliphatic carbocycles. The molecule has 2 aromatic carbocycles. The highest BCUT2D eigenvalue weighted by molar-refractivity contribution is 7.89. The summed E-state index contributed by atoms with van der Waals surface area (Å²) in [5.74, 6) is -0.172. The van der Waals surface area contributed by atoms with Crippen LogP contribution in [0.25, 0.3) is 0 Å². The van der Waals surface area contributed by atoms with Crippen LogP contribution in [0.1, 0.15) is 41.5 Å². The van der Waals surface area contributed by atoms with Crippen LogP contribution in [-0.4, -0.2) is 38.9 Å². The van der Waals surface area contributed by atoms with Crippen molar-refractivity contribution in [2.24, 2.45) is 0 Å². The first-order chi connectivity index (χ1) is 14.3. The summed E-state index contributed by atoms with van der Waals surface area (Å²) in [5.41, 5.74) is 3.91. The highest BCUT2D eigenvalue weighted by Gasteiger charge is 2.17. The molecule has 0 atom stereocenters. The quantitative estimate of drug-likeness (QED) is 0.643. The number of sulfonamides is 1. The average Bonchev–Trinajstić information content (AvgIpc) is 3.22. The Morgan fingerprint density at radius 2 is 1.73 bits per heavy atom. The first-order valence-corrected chi connectivity index (χ1v) is 12.0. The van der Waals surface area contributed by atoms with Gasteiger partial charge in [-0.3, -0.25) is 9.69 Å². The number of hydrogen-bond acceptors (Lipinski definition) is 4. The van der Waals surface area contributed by atoms with Gasteiger partial charge in [-0.15, -0.1) is 0 Å². The second kappa shape index (κ2) is 10.2. The molecule has 1 aliphatic heterocycles. The van der Waals surface area contributed by atoms with Gasteiger partial charge in [-0.1, -0.05) is 36.4 Å². The molecule has 0 radical (unpaired) electrons. The van der Waals surface area contributed by atoms with Gasteiger partial charge in [0.2, 0.25) is 15.9 Å². The number of nitrogens with one attached hydrogen (secondary N) is 2. The molecule has 3 rings (SSSR count). The number of amides is 1. The van der Waals surface area contributed by atoms with Crippen LogP contribution in [0.4, 0.5) is 0 Å². The Hall–Kier alpha value is -2.22. The summed E-state index contributed by atoms with van der Waals surface area (Å²) in [7, 11) is -3.63. The zero-order valence-electron chi connectivity index (χ0n) is 17.8. The first kappa shape index (κ1) is 22.5. The largest absolute Gasteiger partial charge is 0.352 e. The van der Waals surface area contributed by atoms with E-state index in [1.54, 1.807) is 19.1 Å². The fourth-order valence-electron chi connectivity index (χ4n) is 3.72. The van der Waals surface area contributed by atoms with Gasteiger partial charge in [-0.25, -0.2) is 13.1 Å². The third-order valence-corrected chi connectivity index (χ3v) is 7.07. The number of rotatable bonds is 9. The van der Waals surface area contributed by atoms with Crippen molar-refractivity contribution in [2.45, 2.75) is 51.1 Å². The lowest BCUT2D eigenvalue weighted by atomic mass is 10.1. The zero-order chi connectivity index (χ0) is 21.6. The Morgan fingerprint density at radius 3 is 2.47 bits per heavy atom. The first-order valence-electron chi connectivity index (χ1n) is 10.5. The molecule has 2 N–H and O–H groups in total. The third-order valence-electron chi connectivity index (χ3n) is 5.46. The van der Waals surface area contributed by atoms with Crippen LogP contribution in [0.5, 0.6) is 0 Å². The van der Waals surface area contributed by atoms with Crippen molar-refractivity contribution in [3.8, 4) is 0 Å². The molecule has 0 spiro atoms. The minimum absolute atomic E-state index is 0.0664. The second-order valence-corrected chi connectivity index (χ2v) is 9.68. The Bertz CT molecular complexity index is 983. The van der Waals surface area contributed by atoms with E-state index in [0.717, 1.165) is 30.8 Å². The molecule has 30 heavy (non-hydrogen) atoms. The predicted molar refractivity (Wildman–Crippen MR) is 119 cm³/mol. The van der Waals surface area contributed by atoms with Crippen molar-refractivity contribution >= 4 is 15.9 Å². The van der Waals surface area contributed by atoms with Gasteiger partial charge in [0.05, 0.1) is 4.90 Å². The molecule has 0 aromatic heterocycles. The van der Waals surface area contributed by atoms with Gasteiger partial charge >= 0.3 is 0 Å². The highest BCUT2D eigenvalue weighted by Crippen LogP contribution is 2.17. The highest BCUT2D eigenvalue weighted by atomic mass is 32.2. The van der Waals surface area contributed by atoms with E-state index in [0.29, 0.717) is 12.1 Å². The van der Waals surface area contributed by atoms with Gasteiger partial charge in [-0.2, -0.15) is 0 Å². The van der Waals surface area contributed by atoms with Crippen LogP contribution in [0.15, 0.2) is 47.4 Å². The molecular formula is C23H31N3O3S. The summed E-state index contributed by atoms with van der Waals surface area (Å²) in [6, 6.07) is 13.5. The maximum absolute atomic E-state index is 12.5. The Kier molecular flexibility index (Phi) is 7.64. The summed E-state index contributed by atoms with van der Waals surface area (Å²) in [5, 5.41) is 2.92. The lowest BCUT2D eigenvalue weighted by Gasteiger charge is -2.17. The monoisotopic (exact) mass is 429 g/mol. The van der Waals surface area contributed by atoms with Crippen molar-refractivity contribution in [1.82, 2.24) is 14.9 Å². The Morgan fingerprint density at radius 1 is 1.03 bits per heavy atom. The van der Waals surface area contributed by atoms with E-state index in [-0.39, 0.29) is 23.8 Å². The lowest BCUT2D eigenvalue weighted by Crippen LogP contribution is -2.31. The molecule has 1 saturated heterocycles. The molecule has 6 nitrogen and oxygen atoms in total.